The van der Waals surface area contributed by atoms with Gasteiger partial charge in [-0.15, -0.1) is 0 Å². The third kappa shape index (κ3) is 4.69. The van der Waals surface area contributed by atoms with E-state index in [9.17, 15) is 10.2 Å². The van der Waals surface area contributed by atoms with Gasteiger partial charge >= 0.3 is 0 Å². The van der Waals surface area contributed by atoms with Crippen molar-refractivity contribution in [2.75, 3.05) is 20.6 Å². The number of aromatic nitrogens is 2. The number of fused-ring (bicyclic) bond motifs is 3. The Balaban J connectivity index is 1.35. The number of aryl methyl sites for hydroxylation is 1. The molecule has 0 spiro atoms. The lowest BCUT2D eigenvalue weighted by Crippen LogP contribution is -2.62. The van der Waals surface area contributed by atoms with Gasteiger partial charge in [0.1, 0.15) is 11.4 Å². The van der Waals surface area contributed by atoms with Crippen molar-refractivity contribution < 1.29 is 19.5 Å². The molecular formula is C30H39N3O4. The van der Waals surface area contributed by atoms with E-state index < -0.39 is 11.2 Å². The van der Waals surface area contributed by atoms with Crippen LogP contribution in [-0.2, 0) is 30.5 Å². The Labute approximate surface area is 219 Å². The maximum Gasteiger partial charge on any atom is 0.228 e. The number of nitrogens with zero attached hydrogens (tertiary/aromatic N) is 3. The second kappa shape index (κ2) is 9.86. The van der Waals surface area contributed by atoms with E-state index in [0.29, 0.717) is 31.0 Å². The van der Waals surface area contributed by atoms with E-state index in [1.165, 1.54) is 11.1 Å². The minimum Gasteiger partial charge on any atom is -0.485 e. The number of aliphatic hydroxyl groups is 2. The van der Waals surface area contributed by atoms with Crippen molar-refractivity contribution in [1.29, 1.82) is 0 Å². The maximum atomic E-state index is 11.9. The summed E-state index contributed by atoms with van der Waals surface area (Å²) in [7, 11) is 4.03. The Bertz CT molecular complexity index is 1220. The second-order valence-electron chi connectivity index (χ2n) is 11.4. The molecule has 0 radical (unpaired) electrons. The first-order chi connectivity index (χ1) is 17.7. The fourth-order valence-electron chi connectivity index (χ4n) is 6.72. The molecule has 1 saturated carbocycles. The van der Waals surface area contributed by atoms with E-state index in [0.717, 1.165) is 37.1 Å². The van der Waals surface area contributed by atoms with Crippen molar-refractivity contribution >= 4 is 0 Å². The van der Waals surface area contributed by atoms with Crippen LogP contribution in [0.1, 0.15) is 67.9 Å². The number of hydrogen-bond donors (Lipinski definition) is 2. The normalized spacial score (nSPS) is 29.1. The van der Waals surface area contributed by atoms with Crippen LogP contribution < -0.4 is 4.74 Å². The molecule has 1 fully saturated rings. The quantitative estimate of drug-likeness (QED) is 0.469. The topological polar surface area (TPSA) is 91.8 Å². The monoisotopic (exact) mass is 505 g/mol. The van der Waals surface area contributed by atoms with Crippen molar-refractivity contribution in [3.05, 3.63) is 76.9 Å². The standard InChI is InChI=1S/C30H39N3O4/c1-5-29-20-28(2,34)30(35,22-9-7-6-8-10-22)18-23(29)12-11-21-17-24(13-14-25(21)29)36-19-26-31-27(37-32-26)15-16-33(3)4/h6-10,13-14,17,23,34-35H,5,11-12,15-16,18-20H2,1-4H3. The zero-order valence-electron chi connectivity index (χ0n) is 22.4. The van der Waals surface area contributed by atoms with Crippen LogP contribution in [0.5, 0.6) is 5.75 Å². The lowest BCUT2D eigenvalue weighted by Gasteiger charge is -2.59. The highest BCUT2D eigenvalue weighted by Crippen LogP contribution is 2.60. The first-order valence-corrected chi connectivity index (χ1v) is 13.4. The number of ether oxygens (including phenoxy) is 1. The summed E-state index contributed by atoms with van der Waals surface area (Å²) in [5, 5.41) is 27.7. The number of benzene rings is 2. The van der Waals surface area contributed by atoms with Crippen LogP contribution in [0.4, 0.5) is 0 Å². The molecule has 37 heavy (non-hydrogen) atoms. The van der Waals surface area contributed by atoms with Gasteiger partial charge in [-0.2, -0.15) is 4.98 Å². The molecule has 5 rings (SSSR count). The molecule has 3 aromatic rings. The summed E-state index contributed by atoms with van der Waals surface area (Å²) in [5.41, 5.74) is 0.620. The van der Waals surface area contributed by atoms with E-state index >= 15 is 0 Å². The SMILES string of the molecule is CCC12CC(C)(O)C(O)(c3ccccc3)CC1CCc1cc(OCc3noc(CCN(C)C)n3)ccc12. The Kier molecular flexibility index (Phi) is 6.90. The van der Waals surface area contributed by atoms with Crippen LogP contribution in [0.15, 0.2) is 53.1 Å². The van der Waals surface area contributed by atoms with Crippen LogP contribution in [0.2, 0.25) is 0 Å². The number of rotatable bonds is 8. The van der Waals surface area contributed by atoms with Crippen LogP contribution in [0.3, 0.4) is 0 Å². The van der Waals surface area contributed by atoms with E-state index in [-0.39, 0.29) is 17.9 Å². The summed E-state index contributed by atoms with van der Waals surface area (Å²) in [6, 6.07) is 16.0. The summed E-state index contributed by atoms with van der Waals surface area (Å²) in [6.07, 6.45) is 4.56. The minimum atomic E-state index is -1.27. The molecule has 4 atom stereocenters. The third-order valence-corrected chi connectivity index (χ3v) is 8.78. The number of hydrogen-bond acceptors (Lipinski definition) is 7. The van der Waals surface area contributed by atoms with Crippen LogP contribution in [-0.4, -0.2) is 51.5 Å². The molecule has 0 bridgehead atoms. The molecule has 2 N–H and O–H groups in total. The molecular weight excluding hydrogens is 466 g/mol. The Hall–Kier alpha value is -2.74. The molecule has 1 heterocycles. The van der Waals surface area contributed by atoms with Crippen molar-refractivity contribution in [3.63, 3.8) is 0 Å². The first-order valence-electron chi connectivity index (χ1n) is 13.4. The van der Waals surface area contributed by atoms with Gasteiger partial charge in [-0.05, 0) is 87.9 Å². The van der Waals surface area contributed by atoms with Crippen molar-refractivity contribution in [2.45, 2.75) is 75.6 Å². The van der Waals surface area contributed by atoms with Gasteiger partial charge in [-0.1, -0.05) is 48.5 Å². The third-order valence-electron chi connectivity index (χ3n) is 8.78. The summed E-state index contributed by atoms with van der Waals surface area (Å²) < 4.78 is 11.4. The van der Waals surface area contributed by atoms with Gasteiger partial charge in [-0.3, -0.25) is 0 Å². The highest BCUT2D eigenvalue weighted by molar-refractivity contribution is 5.45. The molecule has 2 aromatic carbocycles. The first kappa shape index (κ1) is 25.9. The predicted octanol–water partition coefficient (Wildman–Crippen LogP) is 4.40. The summed E-state index contributed by atoms with van der Waals surface area (Å²) >= 11 is 0. The van der Waals surface area contributed by atoms with E-state index in [4.69, 9.17) is 9.26 Å². The molecule has 7 nitrogen and oxygen atoms in total. The molecule has 7 heteroatoms. The van der Waals surface area contributed by atoms with Gasteiger partial charge in [0.25, 0.3) is 0 Å². The van der Waals surface area contributed by atoms with Crippen LogP contribution >= 0.6 is 0 Å². The largest absolute Gasteiger partial charge is 0.485 e. The lowest BCUT2D eigenvalue weighted by atomic mass is 9.49. The zero-order valence-corrected chi connectivity index (χ0v) is 22.4. The lowest BCUT2D eigenvalue weighted by molar-refractivity contribution is -0.205. The molecule has 1 aromatic heterocycles. The molecule has 198 valence electrons. The molecule has 2 aliphatic rings. The average Bonchev–Trinajstić information content (AvgIpc) is 3.35. The fourth-order valence-corrected chi connectivity index (χ4v) is 6.72. The Morgan fingerprint density at radius 3 is 2.65 bits per heavy atom. The van der Waals surface area contributed by atoms with E-state index in [1.807, 2.05) is 50.5 Å². The molecule has 0 saturated heterocycles. The van der Waals surface area contributed by atoms with E-state index in [2.05, 4.69) is 34.1 Å². The highest BCUT2D eigenvalue weighted by atomic mass is 16.5. The van der Waals surface area contributed by atoms with Crippen molar-refractivity contribution in [1.82, 2.24) is 15.0 Å². The predicted molar refractivity (Wildman–Crippen MR) is 141 cm³/mol. The summed E-state index contributed by atoms with van der Waals surface area (Å²) in [5.74, 6) is 2.22. The Morgan fingerprint density at radius 2 is 1.92 bits per heavy atom. The highest BCUT2D eigenvalue weighted by Gasteiger charge is 2.60. The fraction of sp³-hybridized carbons (Fsp3) is 0.533. The van der Waals surface area contributed by atoms with Gasteiger partial charge in [0.05, 0.1) is 5.60 Å². The van der Waals surface area contributed by atoms with Crippen molar-refractivity contribution in [3.8, 4) is 5.75 Å². The van der Waals surface area contributed by atoms with Crippen LogP contribution in [0, 0.1) is 5.92 Å². The van der Waals surface area contributed by atoms with Gasteiger partial charge in [-0.25, -0.2) is 0 Å². The molecule has 4 unspecified atom stereocenters. The molecule has 0 amide bonds. The maximum absolute atomic E-state index is 11.9. The summed E-state index contributed by atoms with van der Waals surface area (Å²) in [4.78, 5) is 6.51. The summed E-state index contributed by atoms with van der Waals surface area (Å²) in [6.45, 7) is 5.12. The van der Waals surface area contributed by atoms with Crippen molar-refractivity contribution in [2.24, 2.45) is 5.92 Å². The van der Waals surface area contributed by atoms with Crippen LogP contribution in [0.25, 0.3) is 0 Å². The van der Waals surface area contributed by atoms with Gasteiger partial charge in [0, 0.05) is 18.4 Å². The van der Waals surface area contributed by atoms with E-state index in [1.54, 1.807) is 6.92 Å². The van der Waals surface area contributed by atoms with Gasteiger partial charge < -0.3 is 24.4 Å². The Morgan fingerprint density at radius 1 is 1.14 bits per heavy atom. The molecule has 2 aliphatic carbocycles. The second-order valence-corrected chi connectivity index (χ2v) is 11.4. The zero-order chi connectivity index (χ0) is 26.3. The van der Waals surface area contributed by atoms with Gasteiger partial charge in [0.15, 0.2) is 6.61 Å². The van der Waals surface area contributed by atoms with Gasteiger partial charge in [0.2, 0.25) is 11.7 Å². The average molecular weight is 506 g/mol. The smallest absolute Gasteiger partial charge is 0.228 e. The molecule has 0 aliphatic heterocycles. The minimum absolute atomic E-state index is 0.189. The number of likely N-dealkylation sites (N-methyl/N-ethyl adjacent to an activating group) is 1.